The number of rotatable bonds is 11. The summed E-state index contributed by atoms with van der Waals surface area (Å²) in [5.41, 5.74) is -0.992. The highest BCUT2D eigenvalue weighted by Gasteiger charge is 2.60. The van der Waals surface area contributed by atoms with Crippen LogP contribution in [0.2, 0.25) is 10.0 Å². The summed E-state index contributed by atoms with van der Waals surface area (Å²) < 4.78 is 28.9. The van der Waals surface area contributed by atoms with Crippen LogP contribution in [-0.4, -0.2) is 59.5 Å². The van der Waals surface area contributed by atoms with Crippen molar-refractivity contribution in [2.75, 3.05) is 13.6 Å². The van der Waals surface area contributed by atoms with Crippen molar-refractivity contribution in [3.63, 3.8) is 0 Å². The van der Waals surface area contributed by atoms with E-state index in [2.05, 4.69) is 4.90 Å². The number of benzene rings is 2. The third-order valence-electron chi connectivity index (χ3n) is 9.19. The molecular formula is C32H38Cl2N2O5S2. The molecule has 1 aromatic heterocycles. The predicted molar refractivity (Wildman–Crippen MR) is 171 cm³/mol. The third kappa shape index (κ3) is 6.41. The summed E-state index contributed by atoms with van der Waals surface area (Å²) in [6.07, 6.45) is 2.48. The van der Waals surface area contributed by atoms with Crippen molar-refractivity contribution < 1.29 is 23.4 Å². The Balaban J connectivity index is 1.72. The molecule has 2 fully saturated rings. The molecule has 1 aliphatic carbocycles. The van der Waals surface area contributed by atoms with Gasteiger partial charge >= 0.3 is 5.97 Å². The normalized spacial score (nSPS) is 27.3. The first-order chi connectivity index (χ1) is 20.3. The monoisotopic (exact) mass is 664 g/mol. The van der Waals surface area contributed by atoms with E-state index in [1.807, 2.05) is 32.0 Å². The maximum absolute atomic E-state index is 13.6. The Morgan fingerprint density at radius 2 is 1.81 bits per heavy atom. The molecule has 2 heterocycles. The summed E-state index contributed by atoms with van der Waals surface area (Å²) >= 11 is 14.0. The second kappa shape index (κ2) is 12.4. The van der Waals surface area contributed by atoms with Crippen LogP contribution in [-0.2, 0) is 20.4 Å². The van der Waals surface area contributed by atoms with Crippen molar-refractivity contribution >= 4 is 50.5 Å². The third-order valence-corrected chi connectivity index (χ3v) is 12.9. The van der Waals surface area contributed by atoms with Crippen molar-refractivity contribution in [2.24, 2.45) is 11.3 Å². The average Bonchev–Trinajstić information content (AvgIpc) is 3.62. The molecule has 0 radical (unpaired) electrons. The van der Waals surface area contributed by atoms with Crippen LogP contribution in [0.4, 0.5) is 0 Å². The smallest absolute Gasteiger partial charge is 0.303 e. The molecule has 0 spiro atoms. The molecule has 1 saturated carbocycles. The molecule has 1 saturated heterocycles. The fourth-order valence-corrected chi connectivity index (χ4v) is 9.98. The van der Waals surface area contributed by atoms with Gasteiger partial charge in [-0.3, -0.25) is 9.69 Å². The van der Waals surface area contributed by atoms with E-state index in [-0.39, 0.29) is 41.6 Å². The summed E-state index contributed by atoms with van der Waals surface area (Å²) in [5, 5.41) is 25.9. The molecule has 232 valence electrons. The van der Waals surface area contributed by atoms with Gasteiger partial charge in [0.15, 0.2) is 0 Å². The summed E-state index contributed by atoms with van der Waals surface area (Å²) in [6.45, 7) is 4.17. The van der Waals surface area contributed by atoms with Gasteiger partial charge in [0, 0.05) is 35.7 Å². The van der Waals surface area contributed by atoms with Gasteiger partial charge < -0.3 is 10.2 Å². The van der Waals surface area contributed by atoms with Crippen molar-refractivity contribution in [3.05, 3.63) is 87.2 Å². The topological polar surface area (TPSA) is 98.2 Å². The number of carboxylic acids is 1. The summed E-state index contributed by atoms with van der Waals surface area (Å²) in [6, 6.07) is 16.6. The molecular weight excluding hydrogens is 627 g/mol. The molecule has 5 rings (SSSR count). The van der Waals surface area contributed by atoms with Crippen molar-refractivity contribution in [1.82, 2.24) is 9.21 Å². The Kier molecular flexibility index (Phi) is 9.37. The standard InChI is InChI=1S/C32H38Cl2N2O5S2/c1-4-27-31(2,18-28(37)38)20-32(39,23-7-5-8-25(34)17-23)30(22-12-14-24(33)15-13-22)36(27)26(21-10-11-21)19-35(3)43(40,41)29-9-6-16-42-29/h5-9,12-17,21,26-27,30,39H,4,10-11,18-20H2,1-3H3,(H,37,38). The molecule has 0 bridgehead atoms. The number of thiophene rings is 1. The van der Waals surface area contributed by atoms with Gasteiger partial charge in [-0.15, -0.1) is 11.3 Å². The van der Waals surface area contributed by atoms with Crippen LogP contribution in [0.5, 0.6) is 0 Å². The molecule has 43 heavy (non-hydrogen) atoms. The molecule has 11 heteroatoms. The van der Waals surface area contributed by atoms with Crippen LogP contribution in [0.3, 0.4) is 0 Å². The van der Waals surface area contributed by atoms with E-state index >= 15 is 0 Å². The second-order valence-electron chi connectivity index (χ2n) is 12.3. The summed E-state index contributed by atoms with van der Waals surface area (Å²) in [5.74, 6) is -0.764. The van der Waals surface area contributed by atoms with Crippen molar-refractivity contribution in [2.45, 2.75) is 73.9 Å². The molecule has 0 amide bonds. The van der Waals surface area contributed by atoms with Gasteiger partial charge in [0.05, 0.1) is 12.5 Å². The minimum Gasteiger partial charge on any atom is -0.481 e. The fourth-order valence-electron chi connectivity index (χ4n) is 7.27. The average molecular weight is 666 g/mol. The molecule has 2 N–H and O–H groups in total. The molecule has 1 aliphatic heterocycles. The fraction of sp³-hybridized carbons (Fsp3) is 0.469. The predicted octanol–water partition coefficient (Wildman–Crippen LogP) is 7.05. The lowest BCUT2D eigenvalue weighted by molar-refractivity contribution is -0.187. The van der Waals surface area contributed by atoms with Crippen LogP contribution < -0.4 is 0 Å². The number of sulfonamides is 1. The highest BCUT2D eigenvalue weighted by atomic mass is 35.5. The zero-order valence-electron chi connectivity index (χ0n) is 24.5. The number of aliphatic hydroxyl groups is 1. The number of nitrogens with zero attached hydrogens (tertiary/aromatic N) is 2. The first kappa shape index (κ1) is 32.4. The first-order valence-electron chi connectivity index (χ1n) is 14.5. The summed E-state index contributed by atoms with van der Waals surface area (Å²) in [7, 11) is -2.14. The van der Waals surface area contributed by atoms with Crippen molar-refractivity contribution in [3.8, 4) is 0 Å². The first-order valence-corrected chi connectivity index (χ1v) is 17.6. The minimum atomic E-state index is -3.75. The van der Waals surface area contributed by atoms with E-state index in [0.29, 0.717) is 22.0 Å². The van der Waals surface area contributed by atoms with Crippen LogP contribution in [0.15, 0.2) is 70.3 Å². The van der Waals surface area contributed by atoms with Gasteiger partial charge in [-0.25, -0.2) is 8.42 Å². The summed E-state index contributed by atoms with van der Waals surface area (Å²) in [4.78, 5) is 14.6. The quantitative estimate of drug-likeness (QED) is 0.228. The van der Waals surface area contributed by atoms with Gasteiger partial charge in [0.2, 0.25) is 0 Å². The lowest BCUT2D eigenvalue weighted by atomic mass is 9.60. The Morgan fingerprint density at radius 1 is 1.12 bits per heavy atom. The zero-order valence-corrected chi connectivity index (χ0v) is 27.6. The van der Waals surface area contributed by atoms with E-state index in [9.17, 15) is 23.4 Å². The van der Waals surface area contributed by atoms with Gasteiger partial charge in [0.1, 0.15) is 9.81 Å². The van der Waals surface area contributed by atoms with E-state index in [4.69, 9.17) is 23.2 Å². The van der Waals surface area contributed by atoms with Gasteiger partial charge in [-0.1, -0.05) is 67.4 Å². The molecule has 3 aromatic rings. The van der Waals surface area contributed by atoms with Crippen LogP contribution in [0, 0.1) is 11.3 Å². The Labute approximate surface area is 268 Å². The Hall–Kier alpha value is -1.98. The largest absolute Gasteiger partial charge is 0.481 e. The number of piperidine rings is 1. The number of hydrogen-bond acceptors (Lipinski definition) is 6. The molecule has 5 atom stereocenters. The lowest BCUT2D eigenvalue weighted by Crippen LogP contribution is -2.65. The van der Waals surface area contributed by atoms with Crippen LogP contribution >= 0.6 is 34.5 Å². The highest BCUT2D eigenvalue weighted by Crippen LogP contribution is 2.59. The number of likely N-dealkylation sites (N-methyl/N-ethyl adjacent to an activating group) is 1. The van der Waals surface area contributed by atoms with E-state index in [0.717, 1.165) is 18.4 Å². The number of aliphatic carboxylic acids is 1. The molecule has 7 nitrogen and oxygen atoms in total. The maximum Gasteiger partial charge on any atom is 0.303 e. The van der Waals surface area contributed by atoms with Gasteiger partial charge in [-0.05, 0) is 83.9 Å². The van der Waals surface area contributed by atoms with E-state index < -0.39 is 33.1 Å². The molecule has 5 unspecified atom stereocenters. The Morgan fingerprint density at radius 3 is 2.37 bits per heavy atom. The number of carboxylic acid groups (broad SMARTS) is 1. The van der Waals surface area contributed by atoms with Crippen LogP contribution in [0.25, 0.3) is 0 Å². The molecule has 2 aromatic carbocycles. The van der Waals surface area contributed by atoms with E-state index in [1.54, 1.807) is 54.9 Å². The van der Waals surface area contributed by atoms with Crippen molar-refractivity contribution in [1.29, 1.82) is 0 Å². The Bertz CT molecular complexity index is 1550. The lowest BCUT2D eigenvalue weighted by Gasteiger charge is -2.61. The zero-order chi connectivity index (χ0) is 31.2. The minimum absolute atomic E-state index is 0.154. The second-order valence-corrected chi connectivity index (χ2v) is 16.4. The SMILES string of the molecule is CCC1N(C(CN(C)S(=O)(=O)c2cccs2)C2CC2)C(c2ccc(Cl)cc2)C(O)(c2cccc(Cl)c2)CC1(C)CC(=O)O. The number of carbonyl (C=O) groups is 1. The maximum atomic E-state index is 13.6. The van der Waals surface area contributed by atoms with Gasteiger partial charge in [0.25, 0.3) is 10.0 Å². The van der Waals surface area contributed by atoms with Gasteiger partial charge in [-0.2, -0.15) is 4.31 Å². The molecule has 2 aliphatic rings. The van der Waals surface area contributed by atoms with Crippen LogP contribution in [0.1, 0.15) is 63.1 Å². The number of hydrogen-bond donors (Lipinski definition) is 2. The number of halogens is 2. The number of likely N-dealkylation sites (tertiary alicyclic amines) is 1. The highest BCUT2D eigenvalue weighted by molar-refractivity contribution is 7.91. The van der Waals surface area contributed by atoms with E-state index in [1.165, 1.54) is 15.6 Å².